The number of furan rings is 1. The minimum absolute atomic E-state index is 0.0575. The third kappa shape index (κ3) is 3.04. The van der Waals surface area contributed by atoms with E-state index >= 15 is 0 Å². The molecule has 0 saturated heterocycles. The second kappa shape index (κ2) is 8.24. The SMILES string of the molecule is Cc1ccc(-c2ccc3c(c2)c2cc4c(cc2n3-c2ccccc2)C(C)(C)c2ccccc2-4)c2oc3ccccc3c12. The van der Waals surface area contributed by atoms with E-state index in [9.17, 15) is 0 Å². The highest BCUT2D eigenvalue weighted by Crippen LogP contribution is 2.51. The molecule has 0 N–H and O–H groups in total. The average Bonchev–Trinajstić information content (AvgIpc) is 3.63. The molecule has 0 bridgehead atoms. The first-order chi connectivity index (χ1) is 20.5. The van der Waals surface area contributed by atoms with Gasteiger partial charge >= 0.3 is 0 Å². The number of rotatable bonds is 2. The number of hydrogen-bond acceptors (Lipinski definition) is 1. The molecule has 2 aromatic heterocycles. The van der Waals surface area contributed by atoms with Gasteiger partial charge in [-0.15, -0.1) is 0 Å². The summed E-state index contributed by atoms with van der Waals surface area (Å²) in [6, 6.07) is 44.2. The molecule has 0 saturated carbocycles. The fourth-order valence-electron chi connectivity index (χ4n) is 7.46. The molecule has 0 amide bonds. The van der Waals surface area contributed by atoms with Crippen molar-refractivity contribution in [3.8, 4) is 27.9 Å². The van der Waals surface area contributed by atoms with Gasteiger partial charge in [-0.05, 0) is 82.8 Å². The Morgan fingerprint density at radius 2 is 1.33 bits per heavy atom. The molecular weight excluding hydrogens is 510 g/mol. The Labute approximate surface area is 244 Å². The zero-order valence-electron chi connectivity index (χ0n) is 23.9. The van der Waals surface area contributed by atoms with Gasteiger partial charge in [0.2, 0.25) is 0 Å². The zero-order valence-corrected chi connectivity index (χ0v) is 23.9. The molecule has 1 aliphatic carbocycles. The first kappa shape index (κ1) is 23.6. The van der Waals surface area contributed by atoms with Gasteiger partial charge in [-0.2, -0.15) is 0 Å². The average molecular weight is 540 g/mol. The molecule has 0 radical (unpaired) electrons. The van der Waals surface area contributed by atoms with Crippen LogP contribution in [0.25, 0.3) is 71.7 Å². The molecular formula is C40H29NO. The highest BCUT2D eigenvalue weighted by atomic mass is 16.3. The topological polar surface area (TPSA) is 18.1 Å². The summed E-state index contributed by atoms with van der Waals surface area (Å²) in [6.45, 7) is 6.88. The monoisotopic (exact) mass is 539 g/mol. The number of fused-ring (bicyclic) bond motifs is 9. The van der Waals surface area contributed by atoms with Crippen molar-refractivity contribution in [3.05, 3.63) is 138 Å². The van der Waals surface area contributed by atoms with Crippen molar-refractivity contribution in [1.82, 2.24) is 4.57 Å². The number of hydrogen-bond donors (Lipinski definition) is 0. The third-order valence-corrected chi connectivity index (χ3v) is 9.53. The highest BCUT2D eigenvalue weighted by Gasteiger charge is 2.36. The van der Waals surface area contributed by atoms with E-state index in [0.29, 0.717) is 0 Å². The van der Waals surface area contributed by atoms with E-state index in [1.54, 1.807) is 0 Å². The van der Waals surface area contributed by atoms with Gasteiger partial charge in [0.25, 0.3) is 0 Å². The maximum absolute atomic E-state index is 6.51. The van der Waals surface area contributed by atoms with Gasteiger partial charge in [0.05, 0.1) is 11.0 Å². The van der Waals surface area contributed by atoms with Crippen molar-refractivity contribution >= 4 is 43.7 Å². The van der Waals surface area contributed by atoms with Crippen LogP contribution < -0.4 is 0 Å². The summed E-state index contributed by atoms with van der Waals surface area (Å²) >= 11 is 0. The summed E-state index contributed by atoms with van der Waals surface area (Å²) in [7, 11) is 0. The molecule has 200 valence electrons. The van der Waals surface area contributed by atoms with Crippen LogP contribution in [0.4, 0.5) is 0 Å². The molecule has 0 unspecified atom stereocenters. The van der Waals surface area contributed by atoms with Gasteiger partial charge in [0.1, 0.15) is 11.2 Å². The Balaban J connectivity index is 1.38. The second-order valence-electron chi connectivity index (χ2n) is 12.2. The van der Waals surface area contributed by atoms with Gasteiger partial charge in [-0.25, -0.2) is 0 Å². The number of aromatic nitrogens is 1. The lowest BCUT2D eigenvalue weighted by Crippen LogP contribution is -2.14. The van der Waals surface area contributed by atoms with Gasteiger partial charge in [0, 0.05) is 38.2 Å². The normalized spacial score (nSPS) is 13.8. The van der Waals surface area contributed by atoms with Gasteiger partial charge < -0.3 is 8.98 Å². The largest absolute Gasteiger partial charge is 0.455 e. The Kier molecular flexibility index (Phi) is 4.63. The maximum atomic E-state index is 6.51. The first-order valence-electron chi connectivity index (χ1n) is 14.7. The van der Waals surface area contributed by atoms with Crippen molar-refractivity contribution in [2.24, 2.45) is 0 Å². The summed E-state index contributed by atoms with van der Waals surface area (Å²) < 4.78 is 8.94. The molecule has 9 rings (SSSR count). The van der Waals surface area contributed by atoms with Crippen molar-refractivity contribution in [2.45, 2.75) is 26.2 Å². The molecule has 6 aromatic carbocycles. The Morgan fingerprint density at radius 1 is 0.571 bits per heavy atom. The van der Waals surface area contributed by atoms with Crippen LogP contribution in [-0.4, -0.2) is 4.57 Å². The summed E-state index contributed by atoms with van der Waals surface area (Å²) in [6.07, 6.45) is 0. The summed E-state index contributed by atoms with van der Waals surface area (Å²) in [5.74, 6) is 0. The summed E-state index contributed by atoms with van der Waals surface area (Å²) in [5.41, 5.74) is 14.5. The van der Waals surface area contributed by atoms with E-state index in [-0.39, 0.29) is 5.41 Å². The molecule has 0 spiro atoms. The molecule has 42 heavy (non-hydrogen) atoms. The lowest BCUT2D eigenvalue weighted by atomic mass is 9.82. The number of para-hydroxylation sites is 2. The Hall–Kier alpha value is -5.08. The molecule has 2 nitrogen and oxygen atoms in total. The van der Waals surface area contributed by atoms with E-state index in [1.165, 1.54) is 71.6 Å². The minimum atomic E-state index is -0.0575. The van der Waals surface area contributed by atoms with Crippen LogP contribution in [0.15, 0.2) is 126 Å². The number of benzene rings is 6. The quantitative estimate of drug-likeness (QED) is 0.214. The van der Waals surface area contributed by atoms with Crippen molar-refractivity contribution in [1.29, 1.82) is 0 Å². The van der Waals surface area contributed by atoms with Crippen LogP contribution in [0.2, 0.25) is 0 Å². The molecule has 0 fully saturated rings. The van der Waals surface area contributed by atoms with E-state index in [0.717, 1.165) is 16.7 Å². The lowest BCUT2D eigenvalue weighted by Gasteiger charge is -2.21. The molecule has 2 heteroatoms. The van der Waals surface area contributed by atoms with Crippen LogP contribution >= 0.6 is 0 Å². The van der Waals surface area contributed by atoms with Gasteiger partial charge in [0.15, 0.2) is 0 Å². The predicted octanol–water partition coefficient (Wildman–Crippen LogP) is 11.0. The van der Waals surface area contributed by atoms with E-state index in [1.807, 2.05) is 6.07 Å². The Bertz CT molecular complexity index is 2380. The van der Waals surface area contributed by atoms with Crippen LogP contribution in [-0.2, 0) is 5.41 Å². The van der Waals surface area contributed by atoms with Gasteiger partial charge in [-0.3, -0.25) is 0 Å². The van der Waals surface area contributed by atoms with E-state index in [2.05, 4.69) is 141 Å². The van der Waals surface area contributed by atoms with Crippen molar-refractivity contribution < 1.29 is 4.42 Å². The molecule has 2 heterocycles. The zero-order chi connectivity index (χ0) is 28.2. The van der Waals surface area contributed by atoms with Crippen LogP contribution in [0.1, 0.15) is 30.5 Å². The van der Waals surface area contributed by atoms with E-state index in [4.69, 9.17) is 4.42 Å². The molecule has 8 aromatic rings. The Morgan fingerprint density at radius 3 is 2.21 bits per heavy atom. The predicted molar refractivity (Wildman–Crippen MR) is 176 cm³/mol. The van der Waals surface area contributed by atoms with Crippen molar-refractivity contribution in [2.75, 3.05) is 0 Å². The van der Waals surface area contributed by atoms with E-state index < -0.39 is 0 Å². The third-order valence-electron chi connectivity index (χ3n) is 9.53. The summed E-state index contributed by atoms with van der Waals surface area (Å²) in [5, 5.41) is 4.90. The lowest BCUT2D eigenvalue weighted by molar-refractivity contribution is 0.661. The van der Waals surface area contributed by atoms with Crippen LogP contribution in [0, 0.1) is 6.92 Å². The molecule has 0 aliphatic heterocycles. The number of nitrogens with zero attached hydrogens (tertiary/aromatic N) is 1. The first-order valence-corrected chi connectivity index (χ1v) is 14.7. The summed E-state index contributed by atoms with van der Waals surface area (Å²) in [4.78, 5) is 0. The van der Waals surface area contributed by atoms with Crippen LogP contribution in [0.5, 0.6) is 0 Å². The molecule has 1 aliphatic rings. The standard InChI is InChI=1S/C40H29NO/c1-24-17-19-27(39-38(24)29-14-8-10-16-37(29)42-39)25-18-20-35-31(21-25)32-22-30-28-13-7-9-15-33(28)40(2,3)34(30)23-36(32)41(35)26-11-5-4-6-12-26/h4-23H,1-3H3. The molecule has 0 atom stereocenters. The maximum Gasteiger partial charge on any atom is 0.143 e. The fourth-order valence-corrected chi connectivity index (χ4v) is 7.46. The number of aryl methyl sites for hydroxylation is 1. The smallest absolute Gasteiger partial charge is 0.143 e. The van der Waals surface area contributed by atoms with Crippen molar-refractivity contribution in [3.63, 3.8) is 0 Å². The minimum Gasteiger partial charge on any atom is -0.455 e. The van der Waals surface area contributed by atoms with Crippen LogP contribution in [0.3, 0.4) is 0 Å². The second-order valence-corrected chi connectivity index (χ2v) is 12.2. The highest BCUT2D eigenvalue weighted by molar-refractivity contribution is 6.15. The fraction of sp³-hybridized carbons (Fsp3) is 0.100. The van der Waals surface area contributed by atoms with Gasteiger partial charge in [-0.1, -0.05) is 92.7 Å².